The predicted octanol–water partition coefficient (Wildman–Crippen LogP) is 6.86. The maximum Gasteiger partial charge on any atom is 0.279 e. The van der Waals surface area contributed by atoms with Crippen molar-refractivity contribution >= 4 is 57.0 Å². The number of thiophene rings is 1. The SMILES string of the molecule is CCCCC(CC)CN1C(=O)/C(=C\c2ccc(-n3c(O)c(C4=c5ccccc5=NC4=O)c4ccccc43)s2)c2ccccc21. The van der Waals surface area contributed by atoms with Gasteiger partial charge in [0, 0.05) is 27.6 Å². The van der Waals surface area contributed by atoms with Crippen molar-refractivity contribution in [2.45, 2.75) is 39.5 Å². The monoisotopic (exact) mass is 599 g/mol. The van der Waals surface area contributed by atoms with Crippen molar-refractivity contribution in [2.75, 3.05) is 11.4 Å². The van der Waals surface area contributed by atoms with Crippen molar-refractivity contribution in [3.8, 4) is 10.9 Å². The summed E-state index contributed by atoms with van der Waals surface area (Å²) >= 11 is 1.49. The van der Waals surface area contributed by atoms with Crippen LogP contribution in [0.25, 0.3) is 33.1 Å². The van der Waals surface area contributed by atoms with E-state index in [4.69, 9.17) is 0 Å². The number of unbranched alkanes of at least 4 members (excludes halogenated alkanes) is 1. The van der Waals surface area contributed by atoms with E-state index >= 15 is 0 Å². The van der Waals surface area contributed by atoms with Gasteiger partial charge in [-0.3, -0.25) is 14.2 Å². The Balaban J connectivity index is 1.29. The molecule has 0 saturated carbocycles. The number of benzene rings is 3. The summed E-state index contributed by atoms with van der Waals surface area (Å²) in [4.78, 5) is 34.0. The molecule has 0 fully saturated rings. The van der Waals surface area contributed by atoms with E-state index in [1.54, 1.807) is 4.57 Å². The van der Waals surface area contributed by atoms with Crippen LogP contribution in [0.15, 0.2) is 89.9 Å². The summed E-state index contributed by atoms with van der Waals surface area (Å²) in [5.41, 5.74) is 4.29. The van der Waals surface area contributed by atoms with Crippen LogP contribution in [0.4, 0.5) is 5.69 Å². The minimum absolute atomic E-state index is 0.00587. The molecule has 0 spiro atoms. The summed E-state index contributed by atoms with van der Waals surface area (Å²) in [6, 6.07) is 27.1. The third-order valence-electron chi connectivity index (χ3n) is 8.77. The van der Waals surface area contributed by atoms with Crippen LogP contribution in [0.1, 0.15) is 55.5 Å². The van der Waals surface area contributed by atoms with E-state index < -0.39 is 0 Å². The molecule has 1 unspecified atom stereocenters. The summed E-state index contributed by atoms with van der Waals surface area (Å²) < 4.78 is 1.79. The second kappa shape index (κ2) is 11.4. The molecule has 2 aliphatic rings. The van der Waals surface area contributed by atoms with Gasteiger partial charge in [-0.05, 0) is 48.7 Å². The number of aromatic hydroxyl groups is 1. The molecule has 6 nitrogen and oxygen atoms in total. The summed E-state index contributed by atoms with van der Waals surface area (Å²) in [6.07, 6.45) is 6.45. The number of carbonyl (C=O) groups is 2. The molecule has 44 heavy (non-hydrogen) atoms. The highest BCUT2D eigenvalue weighted by molar-refractivity contribution is 7.15. The number of nitrogens with zero attached hydrogens (tertiary/aromatic N) is 3. The molecule has 7 rings (SSSR count). The van der Waals surface area contributed by atoms with E-state index in [-0.39, 0.29) is 17.7 Å². The first-order valence-corrected chi connectivity index (χ1v) is 16.1. The van der Waals surface area contributed by atoms with Crippen LogP contribution in [0.3, 0.4) is 0 Å². The molecular formula is C37H33N3O3S. The Morgan fingerprint density at radius 3 is 2.55 bits per heavy atom. The van der Waals surface area contributed by atoms with Crippen LogP contribution in [-0.4, -0.2) is 28.0 Å². The van der Waals surface area contributed by atoms with Gasteiger partial charge >= 0.3 is 0 Å². The number of amides is 2. The molecule has 0 radical (unpaired) electrons. The first-order chi connectivity index (χ1) is 21.5. The van der Waals surface area contributed by atoms with Crippen LogP contribution >= 0.6 is 11.3 Å². The molecule has 1 atom stereocenters. The molecule has 220 valence electrons. The number of rotatable bonds is 9. The Labute approximate surface area is 259 Å². The Bertz CT molecular complexity index is 2100. The summed E-state index contributed by atoms with van der Waals surface area (Å²) in [6.45, 7) is 5.13. The number of hydrogen-bond acceptors (Lipinski definition) is 4. The second-order valence-corrected chi connectivity index (χ2v) is 12.5. The lowest BCUT2D eigenvalue weighted by molar-refractivity contribution is -0.113. The summed E-state index contributed by atoms with van der Waals surface area (Å²) in [5, 5.41) is 14.6. The highest BCUT2D eigenvalue weighted by Crippen LogP contribution is 2.42. The number of hydrogen-bond donors (Lipinski definition) is 1. The van der Waals surface area contributed by atoms with Gasteiger partial charge in [-0.1, -0.05) is 87.7 Å². The van der Waals surface area contributed by atoms with Crippen molar-refractivity contribution in [1.82, 2.24) is 4.57 Å². The molecule has 1 N–H and O–H groups in total. The molecule has 2 aliphatic heterocycles. The molecule has 5 aromatic rings. The average Bonchev–Trinajstić information content (AvgIpc) is 3.77. The van der Waals surface area contributed by atoms with E-state index in [0.717, 1.165) is 63.1 Å². The zero-order valence-corrected chi connectivity index (χ0v) is 25.6. The Kier molecular flexibility index (Phi) is 7.26. The molecule has 0 bridgehead atoms. The smallest absolute Gasteiger partial charge is 0.279 e. The minimum atomic E-state index is -0.357. The standard InChI is InChI=1S/C37H33N3O3S/c1-3-5-12-23(4-2)22-39-30-17-10-7-13-25(30)28(36(39)42)21-24-19-20-32(44-24)40-31-18-11-8-15-27(31)34(37(40)43)33-26-14-6-9-16-29(26)38-35(33)41/h6-11,13-21,23,43H,3-5,12,22H2,1-2H3/b28-21-. The lowest BCUT2D eigenvalue weighted by Gasteiger charge is -2.23. The van der Waals surface area contributed by atoms with Gasteiger partial charge in [0.1, 0.15) is 5.00 Å². The van der Waals surface area contributed by atoms with E-state index in [0.29, 0.717) is 28.0 Å². The first kappa shape index (κ1) is 28.0. The van der Waals surface area contributed by atoms with Gasteiger partial charge in [0.2, 0.25) is 5.88 Å². The Morgan fingerprint density at radius 2 is 1.70 bits per heavy atom. The van der Waals surface area contributed by atoms with Crippen LogP contribution in [0.5, 0.6) is 5.88 Å². The molecule has 0 saturated heterocycles. The van der Waals surface area contributed by atoms with Crippen LogP contribution in [0, 0.1) is 5.92 Å². The molecule has 4 heterocycles. The van der Waals surface area contributed by atoms with Gasteiger partial charge in [0.15, 0.2) is 0 Å². The molecule has 3 aromatic carbocycles. The largest absolute Gasteiger partial charge is 0.494 e. The van der Waals surface area contributed by atoms with Crippen LogP contribution in [0.2, 0.25) is 0 Å². The maximum absolute atomic E-state index is 13.9. The molecule has 2 amide bonds. The molecule has 7 heteroatoms. The molecule has 2 aromatic heterocycles. The fraction of sp³-hybridized carbons (Fsp3) is 0.216. The van der Waals surface area contributed by atoms with E-state index in [1.165, 1.54) is 17.8 Å². The fourth-order valence-corrected chi connectivity index (χ4v) is 7.45. The van der Waals surface area contributed by atoms with E-state index in [1.807, 2.05) is 95.9 Å². The highest BCUT2D eigenvalue weighted by Gasteiger charge is 2.33. The minimum Gasteiger partial charge on any atom is -0.494 e. The van der Waals surface area contributed by atoms with Crippen molar-refractivity contribution < 1.29 is 14.7 Å². The number of anilines is 1. The summed E-state index contributed by atoms with van der Waals surface area (Å²) in [7, 11) is 0. The van der Waals surface area contributed by atoms with E-state index in [2.05, 4.69) is 18.8 Å². The predicted molar refractivity (Wildman–Crippen MR) is 178 cm³/mol. The number of fused-ring (bicyclic) bond motifs is 3. The molecule has 0 aliphatic carbocycles. The highest BCUT2D eigenvalue weighted by atomic mass is 32.1. The Morgan fingerprint density at radius 1 is 0.932 bits per heavy atom. The topological polar surface area (TPSA) is 74.9 Å². The fourth-order valence-electron chi connectivity index (χ4n) is 6.49. The van der Waals surface area contributed by atoms with Crippen LogP contribution in [-0.2, 0) is 9.59 Å². The molecular weight excluding hydrogens is 566 g/mol. The van der Waals surface area contributed by atoms with Gasteiger partial charge < -0.3 is 10.0 Å². The lowest BCUT2D eigenvalue weighted by Crippen LogP contribution is -2.31. The van der Waals surface area contributed by atoms with Crippen molar-refractivity contribution in [1.29, 1.82) is 0 Å². The van der Waals surface area contributed by atoms with Gasteiger partial charge in [0.25, 0.3) is 11.8 Å². The van der Waals surface area contributed by atoms with E-state index in [9.17, 15) is 14.7 Å². The number of carbonyl (C=O) groups excluding carboxylic acids is 2. The van der Waals surface area contributed by atoms with Crippen LogP contribution < -0.4 is 15.5 Å². The second-order valence-electron chi connectivity index (χ2n) is 11.4. The average molecular weight is 600 g/mol. The quantitative estimate of drug-likeness (QED) is 0.188. The third-order valence-corrected chi connectivity index (χ3v) is 9.79. The lowest BCUT2D eigenvalue weighted by atomic mass is 9.98. The van der Waals surface area contributed by atoms with Gasteiger partial charge in [0.05, 0.1) is 33.3 Å². The van der Waals surface area contributed by atoms with Gasteiger partial charge in [-0.15, -0.1) is 11.3 Å². The van der Waals surface area contributed by atoms with Gasteiger partial charge in [-0.25, -0.2) is 4.99 Å². The number of para-hydroxylation sites is 3. The Hall–Kier alpha value is -4.75. The van der Waals surface area contributed by atoms with Crippen molar-refractivity contribution in [2.24, 2.45) is 10.9 Å². The van der Waals surface area contributed by atoms with Crippen molar-refractivity contribution in [3.63, 3.8) is 0 Å². The zero-order valence-electron chi connectivity index (χ0n) is 24.8. The first-order valence-electron chi connectivity index (χ1n) is 15.3. The maximum atomic E-state index is 13.9. The normalized spacial score (nSPS) is 15.7. The zero-order chi connectivity index (χ0) is 30.4. The van der Waals surface area contributed by atoms with Crippen molar-refractivity contribution in [3.05, 3.63) is 112 Å². The number of aromatic nitrogens is 1. The third kappa shape index (κ3) is 4.59. The summed E-state index contributed by atoms with van der Waals surface area (Å²) in [5.74, 6) is 0.132. The van der Waals surface area contributed by atoms with Gasteiger partial charge in [-0.2, -0.15) is 0 Å².